The molecule has 0 atom stereocenters. The van der Waals surface area contributed by atoms with Crippen molar-refractivity contribution >= 4 is 28.5 Å². The Morgan fingerprint density at radius 2 is 1.71 bits per heavy atom. The average molecular weight is 417 g/mol. The lowest BCUT2D eigenvalue weighted by atomic mass is 9.94. The second kappa shape index (κ2) is 7.60. The van der Waals surface area contributed by atoms with Crippen LogP contribution in [0.4, 0.5) is 10.1 Å². The van der Waals surface area contributed by atoms with Gasteiger partial charge in [0.2, 0.25) is 5.91 Å². The summed E-state index contributed by atoms with van der Waals surface area (Å²) in [7, 11) is 1.52. The number of primary amides is 1. The number of hydrogen-bond donors (Lipinski definition) is 3. The van der Waals surface area contributed by atoms with Crippen molar-refractivity contribution < 1.29 is 18.4 Å². The smallest absolute Gasteiger partial charge is 0.255 e. The Bertz CT molecular complexity index is 1340. The summed E-state index contributed by atoms with van der Waals surface area (Å²) in [4.78, 5) is 24.4. The lowest BCUT2D eigenvalue weighted by Crippen LogP contribution is -2.18. The van der Waals surface area contributed by atoms with E-state index in [4.69, 9.17) is 15.9 Å². The standard InChI is InChI=1S/C24H20FN3O3/c1-12-3-4-14(23(27)29)9-16(12)17-10-18-20(11-19(17)26)31-22(21(18)24(30)28-2)13-5-7-15(25)8-6-13/h3-11H,26H2,1-2H3,(H2,27,29)(H,28,30). The number of benzene rings is 3. The third kappa shape index (κ3) is 3.50. The van der Waals surface area contributed by atoms with Gasteiger partial charge in [-0.25, -0.2) is 4.39 Å². The van der Waals surface area contributed by atoms with Gasteiger partial charge < -0.3 is 21.2 Å². The highest BCUT2D eigenvalue weighted by molar-refractivity contribution is 6.12. The highest BCUT2D eigenvalue weighted by atomic mass is 19.1. The number of nitrogens with one attached hydrogen (secondary N) is 1. The molecule has 1 aromatic heterocycles. The van der Waals surface area contributed by atoms with E-state index in [0.29, 0.717) is 44.7 Å². The molecule has 0 bridgehead atoms. The number of fused-ring (bicyclic) bond motifs is 1. The van der Waals surface area contributed by atoms with E-state index in [1.54, 1.807) is 42.5 Å². The van der Waals surface area contributed by atoms with E-state index in [1.807, 2.05) is 6.92 Å². The van der Waals surface area contributed by atoms with E-state index < -0.39 is 11.7 Å². The van der Waals surface area contributed by atoms with Gasteiger partial charge in [-0.05, 0) is 60.5 Å². The van der Waals surface area contributed by atoms with Gasteiger partial charge in [0.05, 0.1) is 5.56 Å². The van der Waals surface area contributed by atoms with Crippen LogP contribution in [-0.4, -0.2) is 18.9 Å². The molecule has 6 nitrogen and oxygen atoms in total. The summed E-state index contributed by atoms with van der Waals surface area (Å²) in [6.45, 7) is 1.89. The number of carbonyl (C=O) groups is 2. The molecular formula is C24H20FN3O3. The number of rotatable bonds is 4. The number of nitrogens with two attached hydrogens (primary N) is 2. The Balaban J connectivity index is 2.00. The zero-order chi connectivity index (χ0) is 22.3. The van der Waals surface area contributed by atoms with Crippen molar-refractivity contribution in [3.63, 3.8) is 0 Å². The lowest BCUT2D eigenvalue weighted by molar-refractivity contribution is 0.0963. The fourth-order valence-corrected chi connectivity index (χ4v) is 3.61. The molecule has 0 saturated carbocycles. The zero-order valence-electron chi connectivity index (χ0n) is 17.0. The molecule has 0 fully saturated rings. The molecule has 5 N–H and O–H groups in total. The van der Waals surface area contributed by atoms with E-state index >= 15 is 0 Å². The highest BCUT2D eigenvalue weighted by Gasteiger charge is 2.23. The van der Waals surface area contributed by atoms with Crippen molar-refractivity contribution in [1.82, 2.24) is 5.32 Å². The van der Waals surface area contributed by atoms with Crippen LogP contribution in [0, 0.1) is 12.7 Å². The van der Waals surface area contributed by atoms with Crippen LogP contribution >= 0.6 is 0 Å². The van der Waals surface area contributed by atoms with Gasteiger partial charge in [-0.3, -0.25) is 9.59 Å². The van der Waals surface area contributed by atoms with Crippen LogP contribution in [0.3, 0.4) is 0 Å². The molecule has 2 amide bonds. The lowest BCUT2D eigenvalue weighted by Gasteiger charge is -2.11. The second-order valence-electron chi connectivity index (χ2n) is 7.22. The summed E-state index contributed by atoms with van der Waals surface area (Å²) in [6, 6.07) is 14.2. The molecule has 0 radical (unpaired) electrons. The Hall–Kier alpha value is -4.13. The number of anilines is 1. The third-order valence-corrected chi connectivity index (χ3v) is 5.23. The summed E-state index contributed by atoms with van der Waals surface area (Å²) in [5, 5.41) is 3.17. The molecule has 0 saturated heterocycles. The first-order valence-electron chi connectivity index (χ1n) is 9.55. The Kier molecular flexibility index (Phi) is 4.94. The van der Waals surface area contributed by atoms with Crippen molar-refractivity contribution in [1.29, 1.82) is 0 Å². The second-order valence-corrected chi connectivity index (χ2v) is 7.22. The summed E-state index contributed by atoms with van der Waals surface area (Å²) in [6.07, 6.45) is 0. The number of nitrogen functional groups attached to an aromatic ring is 1. The van der Waals surface area contributed by atoms with E-state index in [2.05, 4.69) is 5.32 Å². The first kappa shape index (κ1) is 20.2. The van der Waals surface area contributed by atoms with Gasteiger partial charge in [-0.2, -0.15) is 0 Å². The molecule has 3 aromatic carbocycles. The van der Waals surface area contributed by atoms with Gasteiger partial charge in [0.15, 0.2) is 0 Å². The molecule has 0 aliphatic heterocycles. The van der Waals surface area contributed by atoms with E-state index in [-0.39, 0.29) is 5.91 Å². The largest absolute Gasteiger partial charge is 0.455 e. The SMILES string of the molecule is CNC(=O)c1c(-c2ccc(F)cc2)oc2cc(N)c(-c3cc(C(N)=O)ccc3C)cc12. The van der Waals surface area contributed by atoms with Crippen LogP contribution in [-0.2, 0) is 0 Å². The van der Waals surface area contributed by atoms with Crippen molar-refractivity contribution in [3.8, 4) is 22.5 Å². The Labute approximate surface area is 177 Å². The van der Waals surface area contributed by atoms with Gasteiger partial charge in [-0.1, -0.05) is 6.07 Å². The molecule has 4 aromatic rings. The molecule has 4 rings (SSSR count). The van der Waals surface area contributed by atoms with Crippen LogP contribution in [0.1, 0.15) is 26.3 Å². The number of hydrogen-bond acceptors (Lipinski definition) is 4. The minimum atomic E-state index is -0.547. The van der Waals surface area contributed by atoms with Gasteiger partial charge in [-0.15, -0.1) is 0 Å². The van der Waals surface area contributed by atoms with Crippen molar-refractivity contribution in [2.24, 2.45) is 5.73 Å². The summed E-state index contributed by atoms with van der Waals surface area (Å²) in [5.74, 6) is -0.975. The molecule has 156 valence electrons. The number of halogens is 1. The van der Waals surface area contributed by atoms with Gasteiger partial charge in [0.25, 0.3) is 5.91 Å². The van der Waals surface area contributed by atoms with Crippen molar-refractivity contribution in [3.05, 3.63) is 77.1 Å². The van der Waals surface area contributed by atoms with Crippen LogP contribution in [0.5, 0.6) is 0 Å². The van der Waals surface area contributed by atoms with Crippen molar-refractivity contribution in [2.45, 2.75) is 6.92 Å². The van der Waals surface area contributed by atoms with E-state index in [0.717, 1.165) is 11.1 Å². The predicted molar refractivity (Wildman–Crippen MR) is 118 cm³/mol. The van der Waals surface area contributed by atoms with Crippen LogP contribution in [0.2, 0.25) is 0 Å². The first-order valence-corrected chi connectivity index (χ1v) is 9.55. The van der Waals surface area contributed by atoms with E-state index in [9.17, 15) is 14.0 Å². The minimum Gasteiger partial charge on any atom is -0.455 e. The average Bonchev–Trinajstić information content (AvgIpc) is 3.11. The quantitative estimate of drug-likeness (QED) is 0.431. The Morgan fingerprint density at radius 3 is 2.35 bits per heavy atom. The molecule has 0 unspecified atom stereocenters. The molecule has 0 aliphatic carbocycles. The molecular weight excluding hydrogens is 397 g/mol. The molecule has 1 heterocycles. The summed E-state index contributed by atoms with van der Waals surface area (Å²) >= 11 is 0. The maximum absolute atomic E-state index is 13.4. The molecule has 31 heavy (non-hydrogen) atoms. The molecule has 7 heteroatoms. The maximum Gasteiger partial charge on any atom is 0.255 e. The van der Waals surface area contributed by atoms with Crippen molar-refractivity contribution in [2.75, 3.05) is 12.8 Å². The highest BCUT2D eigenvalue weighted by Crippen LogP contribution is 2.39. The third-order valence-electron chi connectivity index (χ3n) is 5.23. The number of furan rings is 1. The first-order chi connectivity index (χ1) is 14.8. The fraction of sp³-hybridized carbons (Fsp3) is 0.0833. The van der Waals surface area contributed by atoms with Crippen LogP contribution < -0.4 is 16.8 Å². The monoisotopic (exact) mass is 417 g/mol. The summed E-state index contributed by atoms with van der Waals surface area (Å²) in [5.41, 5.74) is 16.1. The number of amides is 2. The topological polar surface area (TPSA) is 111 Å². The molecule has 0 aliphatic rings. The van der Waals surface area contributed by atoms with Crippen LogP contribution in [0.15, 0.2) is 59.0 Å². The predicted octanol–water partition coefficient (Wildman–Crippen LogP) is 4.26. The Morgan fingerprint density at radius 1 is 1.00 bits per heavy atom. The normalized spacial score (nSPS) is 10.9. The van der Waals surface area contributed by atoms with Gasteiger partial charge >= 0.3 is 0 Å². The maximum atomic E-state index is 13.4. The zero-order valence-corrected chi connectivity index (χ0v) is 17.0. The fourth-order valence-electron chi connectivity index (χ4n) is 3.61. The van der Waals surface area contributed by atoms with Gasteiger partial charge in [0.1, 0.15) is 17.2 Å². The van der Waals surface area contributed by atoms with E-state index in [1.165, 1.54) is 19.2 Å². The molecule has 0 spiro atoms. The number of aryl methyl sites for hydroxylation is 1. The van der Waals surface area contributed by atoms with Gasteiger partial charge in [0, 0.05) is 40.9 Å². The minimum absolute atomic E-state index is 0.313. The summed E-state index contributed by atoms with van der Waals surface area (Å²) < 4.78 is 19.4. The number of carbonyl (C=O) groups excluding carboxylic acids is 2. The van der Waals surface area contributed by atoms with Crippen LogP contribution in [0.25, 0.3) is 33.4 Å².